The molecule has 0 aliphatic rings. The van der Waals surface area contributed by atoms with Crippen molar-refractivity contribution >= 4 is 5.95 Å². The van der Waals surface area contributed by atoms with Crippen LogP contribution in [0.1, 0.15) is 11.3 Å². The van der Waals surface area contributed by atoms with E-state index in [9.17, 15) is 4.39 Å². The lowest BCUT2D eigenvalue weighted by atomic mass is 10.2. The van der Waals surface area contributed by atoms with Gasteiger partial charge in [0.25, 0.3) is 0 Å². The molecule has 0 saturated heterocycles. The first-order valence-corrected chi connectivity index (χ1v) is 6.21. The SMILES string of the molecule is CN(C)c1ncc(CNCc2ccc(F)cc2)n1C. The van der Waals surface area contributed by atoms with E-state index in [0.717, 1.165) is 23.8 Å². The number of benzene rings is 1. The van der Waals surface area contributed by atoms with Crippen LogP contribution in [-0.2, 0) is 20.1 Å². The molecule has 0 atom stereocenters. The monoisotopic (exact) mass is 262 g/mol. The first kappa shape index (κ1) is 13.5. The van der Waals surface area contributed by atoms with Crippen LogP contribution in [0.25, 0.3) is 0 Å². The molecule has 0 fully saturated rings. The number of aromatic nitrogens is 2. The summed E-state index contributed by atoms with van der Waals surface area (Å²) in [6.07, 6.45) is 1.87. The molecule has 102 valence electrons. The van der Waals surface area contributed by atoms with Crippen molar-refractivity contribution in [2.24, 2.45) is 7.05 Å². The summed E-state index contributed by atoms with van der Waals surface area (Å²) in [4.78, 5) is 6.33. The van der Waals surface area contributed by atoms with Crippen LogP contribution in [0.4, 0.5) is 10.3 Å². The highest BCUT2D eigenvalue weighted by molar-refractivity contribution is 5.30. The summed E-state index contributed by atoms with van der Waals surface area (Å²) in [7, 11) is 5.94. The van der Waals surface area contributed by atoms with Crippen LogP contribution in [-0.4, -0.2) is 23.6 Å². The Morgan fingerprint density at radius 2 is 1.89 bits per heavy atom. The standard InChI is InChI=1S/C14H19FN4/c1-18(2)14-17-10-13(19(14)3)9-16-8-11-4-6-12(15)7-5-11/h4-7,10,16H,8-9H2,1-3H3. The molecule has 1 aromatic carbocycles. The van der Waals surface area contributed by atoms with Crippen molar-refractivity contribution in [1.82, 2.24) is 14.9 Å². The van der Waals surface area contributed by atoms with Gasteiger partial charge in [-0.25, -0.2) is 9.37 Å². The number of imidazole rings is 1. The number of hydrogen-bond acceptors (Lipinski definition) is 3. The van der Waals surface area contributed by atoms with Gasteiger partial charge < -0.3 is 14.8 Å². The lowest BCUT2D eigenvalue weighted by molar-refractivity contribution is 0.623. The molecule has 0 unspecified atom stereocenters. The topological polar surface area (TPSA) is 33.1 Å². The quantitative estimate of drug-likeness (QED) is 0.893. The van der Waals surface area contributed by atoms with E-state index in [1.54, 1.807) is 12.1 Å². The van der Waals surface area contributed by atoms with Crippen LogP contribution in [0.2, 0.25) is 0 Å². The molecule has 0 saturated carbocycles. The van der Waals surface area contributed by atoms with Crippen LogP contribution in [0.3, 0.4) is 0 Å². The first-order chi connectivity index (χ1) is 9.08. The number of anilines is 1. The summed E-state index contributed by atoms with van der Waals surface area (Å²) in [5, 5.41) is 3.33. The molecule has 4 nitrogen and oxygen atoms in total. The van der Waals surface area contributed by atoms with Gasteiger partial charge in [0, 0.05) is 34.2 Å². The zero-order valence-electron chi connectivity index (χ0n) is 11.5. The maximum absolute atomic E-state index is 12.8. The predicted octanol–water partition coefficient (Wildman–Crippen LogP) is 1.91. The van der Waals surface area contributed by atoms with Crippen molar-refractivity contribution in [2.75, 3.05) is 19.0 Å². The predicted molar refractivity (Wildman–Crippen MR) is 74.5 cm³/mol. The van der Waals surface area contributed by atoms with Crippen LogP contribution >= 0.6 is 0 Å². The Morgan fingerprint density at radius 3 is 2.47 bits per heavy atom. The Bertz CT molecular complexity index is 531. The zero-order valence-corrected chi connectivity index (χ0v) is 11.5. The summed E-state index contributed by atoms with van der Waals surface area (Å²) in [6.45, 7) is 1.44. The molecule has 1 aromatic heterocycles. The molecule has 0 aliphatic heterocycles. The normalized spacial score (nSPS) is 10.7. The molecule has 2 aromatic rings. The highest BCUT2D eigenvalue weighted by Gasteiger charge is 2.07. The lowest BCUT2D eigenvalue weighted by Gasteiger charge is -2.13. The van der Waals surface area contributed by atoms with E-state index in [1.807, 2.05) is 32.2 Å². The van der Waals surface area contributed by atoms with Gasteiger partial charge in [-0.3, -0.25) is 0 Å². The number of halogens is 1. The van der Waals surface area contributed by atoms with Gasteiger partial charge in [-0.05, 0) is 17.7 Å². The fourth-order valence-electron chi connectivity index (χ4n) is 1.95. The first-order valence-electron chi connectivity index (χ1n) is 6.21. The molecule has 0 bridgehead atoms. The lowest BCUT2D eigenvalue weighted by Crippen LogP contribution is -2.18. The maximum atomic E-state index is 12.8. The third-order valence-corrected chi connectivity index (χ3v) is 3.01. The van der Waals surface area contributed by atoms with Gasteiger partial charge in [0.05, 0.1) is 11.9 Å². The molecule has 0 spiro atoms. The summed E-state index contributed by atoms with van der Waals surface area (Å²) in [5.74, 6) is 0.726. The maximum Gasteiger partial charge on any atom is 0.204 e. The Morgan fingerprint density at radius 1 is 1.21 bits per heavy atom. The molecule has 5 heteroatoms. The molecular weight excluding hydrogens is 243 g/mol. The summed E-state index contributed by atoms with van der Waals surface area (Å²) < 4.78 is 14.8. The van der Waals surface area contributed by atoms with E-state index < -0.39 is 0 Å². The van der Waals surface area contributed by atoms with E-state index in [-0.39, 0.29) is 5.82 Å². The van der Waals surface area contributed by atoms with Crippen LogP contribution in [0.15, 0.2) is 30.5 Å². The van der Waals surface area contributed by atoms with Gasteiger partial charge in [-0.2, -0.15) is 0 Å². The third-order valence-electron chi connectivity index (χ3n) is 3.01. The Hall–Kier alpha value is -1.88. The van der Waals surface area contributed by atoms with E-state index in [4.69, 9.17) is 0 Å². The van der Waals surface area contributed by atoms with Crippen molar-refractivity contribution < 1.29 is 4.39 Å². The van der Waals surface area contributed by atoms with E-state index in [2.05, 4.69) is 14.9 Å². The van der Waals surface area contributed by atoms with Crippen molar-refractivity contribution in [3.8, 4) is 0 Å². The molecule has 0 aliphatic carbocycles. The van der Waals surface area contributed by atoms with Crippen molar-refractivity contribution in [3.63, 3.8) is 0 Å². The second-order valence-corrected chi connectivity index (χ2v) is 4.73. The van der Waals surface area contributed by atoms with E-state index in [1.165, 1.54) is 12.1 Å². The van der Waals surface area contributed by atoms with Gasteiger partial charge in [-0.15, -0.1) is 0 Å². The average molecular weight is 262 g/mol. The highest BCUT2D eigenvalue weighted by Crippen LogP contribution is 2.10. The molecular formula is C14H19FN4. The Labute approximate surface area is 112 Å². The van der Waals surface area contributed by atoms with Gasteiger partial charge in [0.1, 0.15) is 5.82 Å². The number of hydrogen-bond donors (Lipinski definition) is 1. The van der Waals surface area contributed by atoms with Gasteiger partial charge in [-0.1, -0.05) is 12.1 Å². The number of nitrogens with zero attached hydrogens (tertiary/aromatic N) is 3. The zero-order chi connectivity index (χ0) is 13.8. The fraction of sp³-hybridized carbons (Fsp3) is 0.357. The average Bonchev–Trinajstić information content (AvgIpc) is 2.74. The Kier molecular flexibility index (Phi) is 4.16. The fourth-order valence-corrected chi connectivity index (χ4v) is 1.95. The van der Waals surface area contributed by atoms with Gasteiger partial charge in [0.2, 0.25) is 5.95 Å². The van der Waals surface area contributed by atoms with Crippen LogP contribution in [0.5, 0.6) is 0 Å². The largest absolute Gasteiger partial charge is 0.348 e. The van der Waals surface area contributed by atoms with E-state index in [0.29, 0.717) is 6.54 Å². The number of nitrogens with one attached hydrogen (secondary N) is 1. The molecule has 2 rings (SSSR count). The Balaban J connectivity index is 1.91. The van der Waals surface area contributed by atoms with Crippen molar-refractivity contribution in [1.29, 1.82) is 0 Å². The third kappa shape index (κ3) is 3.32. The van der Waals surface area contributed by atoms with Crippen LogP contribution in [0, 0.1) is 5.82 Å². The van der Waals surface area contributed by atoms with E-state index >= 15 is 0 Å². The van der Waals surface area contributed by atoms with Gasteiger partial charge >= 0.3 is 0 Å². The van der Waals surface area contributed by atoms with Gasteiger partial charge in [0.15, 0.2) is 0 Å². The van der Waals surface area contributed by atoms with Crippen molar-refractivity contribution in [2.45, 2.75) is 13.1 Å². The summed E-state index contributed by atoms with van der Waals surface area (Å²) >= 11 is 0. The minimum Gasteiger partial charge on any atom is -0.348 e. The summed E-state index contributed by atoms with van der Waals surface area (Å²) in [5.41, 5.74) is 2.18. The molecule has 1 heterocycles. The number of rotatable bonds is 5. The molecule has 19 heavy (non-hydrogen) atoms. The second kappa shape index (κ2) is 5.84. The smallest absolute Gasteiger partial charge is 0.204 e. The minimum absolute atomic E-state index is 0.203. The minimum atomic E-state index is -0.203. The molecule has 1 N–H and O–H groups in total. The summed E-state index contributed by atoms with van der Waals surface area (Å²) in [6, 6.07) is 6.53. The molecule has 0 amide bonds. The second-order valence-electron chi connectivity index (χ2n) is 4.73. The van der Waals surface area contributed by atoms with Crippen molar-refractivity contribution in [3.05, 3.63) is 47.5 Å². The highest BCUT2D eigenvalue weighted by atomic mass is 19.1. The molecule has 0 radical (unpaired) electrons. The van der Waals surface area contributed by atoms with Crippen LogP contribution < -0.4 is 10.2 Å².